The average molecular weight is 430 g/mol. The summed E-state index contributed by atoms with van der Waals surface area (Å²) in [4.78, 5) is 26.4. The number of hydrogen-bond acceptors (Lipinski definition) is 5. The van der Waals surface area contributed by atoms with Gasteiger partial charge in [-0.1, -0.05) is 0 Å². The molecule has 1 atom stereocenters. The van der Waals surface area contributed by atoms with Gasteiger partial charge in [-0.3, -0.25) is 4.79 Å². The largest absolute Gasteiger partial charge is 0.492 e. The Hall–Kier alpha value is -1.96. The summed E-state index contributed by atoms with van der Waals surface area (Å²) in [6, 6.07) is 3.90. The van der Waals surface area contributed by atoms with Crippen molar-refractivity contribution in [3.8, 4) is 5.75 Å². The second-order valence-corrected chi connectivity index (χ2v) is 7.18. The molecule has 154 valence electrons. The van der Waals surface area contributed by atoms with Gasteiger partial charge in [0.05, 0.1) is 23.7 Å². The van der Waals surface area contributed by atoms with E-state index in [4.69, 9.17) is 10.5 Å². The lowest BCUT2D eigenvalue weighted by Crippen LogP contribution is -2.43. The van der Waals surface area contributed by atoms with Gasteiger partial charge in [-0.05, 0) is 37.8 Å². The predicted molar refractivity (Wildman–Crippen MR) is 114 cm³/mol. The van der Waals surface area contributed by atoms with Crippen LogP contribution < -0.4 is 20.8 Å². The molecule has 28 heavy (non-hydrogen) atoms. The number of rotatable bonds is 4. The highest BCUT2D eigenvalue weighted by molar-refractivity contribution is 5.97. The van der Waals surface area contributed by atoms with E-state index < -0.39 is 11.4 Å². The fraction of sp³-hybridized carbons (Fsp3) is 0.474. The number of nitrogens with zero attached hydrogens (tertiary/aromatic N) is 2. The molecule has 1 saturated carbocycles. The molecule has 1 aliphatic carbocycles. The number of methoxy groups -OCH3 is 1. The molecule has 9 heteroatoms. The molecule has 2 aliphatic rings. The van der Waals surface area contributed by atoms with Crippen LogP contribution in [0.3, 0.4) is 0 Å². The van der Waals surface area contributed by atoms with Crippen LogP contribution in [0.4, 0.5) is 5.69 Å². The van der Waals surface area contributed by atoms with Gasteiger partial charge in [0.1, 0.15) is 5.56 Å². The van der Waals surface area contributed by atoms with Gasteiger partial charge in [0.2, 0.25) is 5.43 Å². The van der Waals surface area contributed by atoms with Crippen LogP contribution in [0.5, 0.6) is 5.75 Å². The van der Waals surface area contributed by atoms with E-state index >= 15 is 0 Å². The van der Waals surface area contributed by atoms with Crippen molar-refractivity contribution in [3.63, 3.8) is 0 Å². The molecule has 2 aromatic rings. The van der Waals surface area contributed by atoms with Crippen LogP contribution in [-0.2, 0) is 0 Å². The molecular formula is C19H25Cl2N3O4. The van der Waals surface area contributed by atoms with E-state index in [1.165, 1.54) is 6.20 Å². The van der Waals surface area contributed by atoms with Crippen LogP contribution in [0, 0.1) is 0 Å². The highest BCUT2D eigenvalue weighted by Crippen LogP contribution is 2.42. The lowest BCUT2D eigenvalue weighted by atomic mass is 10.0. The summed E-state index contributed by atoms with van der Waals surface area (Å²) in [5.74, 6) is -0.575. The Morgan fingerprint density at radius 2 is 1.96 bits per heavy atom. The van der Waals surface area contributed by atoms with Crippen molar-refractivity contribution in [1.29, 1.82) is 0 Å². The number of nitrogens with two attached hydrogens (primary N) is 1. The third-order valence-electron chi connectivity index (χ3n) is 5.30. The zero-order valence-corrected chi connectivity index (χ0v) is 17.2. The van der Waals surface area contributed by atoms with E-state index in [9.17, 15) is 14.7 Å². The fourth-order valence-electron chi connectivity index (χ4n) is 3.88. The highest BCUT2D eigenvalue weighted by atomic mass is 35.5. The molecule has 0 radical (unpaired) electrons. The first kappa shape index (κ1) is 22.3. The maximum absolute atomic E-state index is 12.7. The van der Waals surface area contributed by atoms with E-state index in [-0.39, 0.29) is 42.5 Å². The number of ether oxygens (including phenoxy) is 1. The Kier molecular flexibility index (Phi) is 6.85. The number of carboxylic acids is 1. The molecule has 7 nitrogen and oxygen atoms in total. The molecule has 2 fully saturated rings. The van der Waals surface area contributed by atoms with Crippen LogP contribution in [0.15, 0.2) is 23.1 Å². The molecule has 1 aromatic heterocycles. The van der Waals surface area contributed by atoms with Gasteiger partial charge in [-0.25, -0.2) is 4.79 Å². The SMILES string of the molecule is COc1c(N2CCCC(N)C2)ccc2c(=O)c(C(=O)O)cn(C3CC3)c12.Cl.Cl. The minimum Gasteiger partial charge on any atom is -0.492 e. The average Bonchev–Trinajstić information content (AvgIpc) is 3.46. The zero-order valence-electron chi connectivity index (χ0n) is 15.6. The predicted octanol–water partition coefficient (Wildman–Crippen LogP) is 2.81. The van der Waals surface area contributed by atoms with Crippen LogP contribution >= 0.6 is 24.8 Å². The summed E-state index contributed by atoms with van der Waals surface area (Å²) >= 11 is 0. The van der Waals surface area contributed by atoms with Crippen LogP contribution in [0.25, 0.3) is 10.9 Å². The molecule has 1 aliphatic heterocycles. The van der Waals surface area contributed by atoms with Crippen LogP contribution in [0.1, 0.15) is 42.1 Å². The third kappa shape index (κ3) is 3.79. The number of carboxylic acid groups (broad SMARTS) is 1. The third-order valence-corrected chi connectivity index (χ3v) is 5.30. The maximum atomic E-state index is 12.7. The molecule has 1 unspecified atom stereocenters. The minimum absolute atomic E-state index is 0. The number of aromatic nitrogens is 1. The van der Waals surface area contributed by atoms with Gasteiger partial charge in [0.25, 0.3) is 0 Å². The Bertz CT molecular complexity index is 943. The zero-order chi connectivity index (χ0) is 18.4. The number of hydrogen-bond donors (Lipinski definition) is 2. The number of benzene rings is 1. The van der Waals surface area contributed by atoms with Crippen molar-refractivity contribution in [2.24, 2.45) is 5.73 Å². The summed E-state index contributed by atoms with van der Waals surface area (Å²) in [7, 11) is 1.59. The number of fused-ring (bicyclic) bond motifs is 1. The van der Waals surface area contributed by atoms with Crippen molar-refractivity contribution in [3.05, 3.63) is 34.1 Å². The fourth-order valence-corrected chi connectivity index (χ4v) is 3.88. The van der Waals surface area contributed by atoms with Crippen LogP contribution in [0.2, 0.25) is 0 Å². The van der Waals surface area contributed by atoms with Gasteiger partial charge in [0, 0.05) is 31.4 Å². The smallest absolute Gasteiger partial charge is 0.341 e. The quantitative estimate of drug-likeness (QED) is 0.774. The first-order chi connectivity index (χ1) is 12.5. The first-order valence-electron chi connectivity index (χ1n) is 9.01. The van der Waals surface area contributed by atoms with Crippen molar-refractivity contribution >= 4 is 47.4 Å². The first-order valence-corrected chi connectivity index (χ1v) is 9.01. The minimum atomic E-state index is -1.20. The molecule has 1 aromatic carbocycles. The van der Waals surface area contributed by atoms with Gasteiger partial charge in [-0.15, -0.1) is 24.8 Å². The number of anilines is 1. The van der Waals surface area contributed by atoms with E-state index in [2.05, 4.69) is 4.90 Å². The molecule has 0 spiro atoms. The number of halogens is 2. The van der Waals surface area contributed by atoms with Crippen molar-refractivity contribution in [1.82, 2.24) is 4.57 Å². The standard InChI is InChI=1S/C19H23N3O4.2ClH/c1-26-18-15(21-8-2-3-11(20)9-21)7-6-13-16(18)22(12-4-5-12)10-14(17(13)23)19(24)25;;/h6-7,10-12H,2-5,8-9,20H2,1H3,(H,24,25);2*1H. The summed E-state index contributed by atoms with van der Waals surface area (Å²) in [5.41, 5.74) is 7.06. The van der Waals surface area contributed by atoms with Gasteiger partial charge in [-0.2, -0.15) is 0 Å². The normalized spacial score (nSPS) is 18.9. The Labute approximate surface area is 175 Å². The lowest BCUT2D eigenvalue weighted by Gasteiger charge is -2.34. The summed E-state index contributed by atoms with van der Waals surface area (Å²) in [6.45, 7) is 1.62. The molecule has 2 heterocycles. The number of piperidine rings is 1. The lowest BCUT2D eigenvalue weighted by molar-refractivity contribution is 0.0695. The van der Waals surface area contributed by atoms with Crippen molar-refractivity contribution < 1.29 is 14.6 Å². The Balaban J connectivity index is 0.00000140. The Morgan fingerprint density at radius 3 is 2.54 bits per heavy atom. The maximum Gasteiger partial charge on any atom is 0.341 e. The topological polar surface area (TPSA) is 97.8 Å². The second kappa shape index (κ2) is 8.59. The number of carbonyl (C=O) groups is 1. The Morgan fingerprint density at radius 1 is 1.25 bits per heavy atom. The van der Waals surface area contributed by atoms with E-state index in [0.717, 1.165) is 44.5 Å². The molecule has 3 N–H and O–H groups in total. The highest BCUT2D eigenvalue weighted by Gasteiger charge is 2.30. The monoisotopic (exact) mass is 429 g/mol. The summed E-state index contributed by atoms with van der Waals surface area (Å²) in [5, 5.41) is 9.79. The second-order valence-electron chi connectivity index (χ2n) is 7.18. The molecule has 4 rings (SSSR count). The van der Waals surface area contributed by atoms with E-state index in [1.807, 2.05) is 10.6 Å². The summed E-state index contributed by atoms with van der Waals surface area (Å²) < 4.78 is 7.64. The molecule has 0 bridgehead atoms. The van der Waals surface area contributed by atoms with Crippen molar-refractivity contribution in [2.45, 2.75) is 37.8 Å². The van der Waals surface area contributed by atoms with Crippen LogP contribution in [-0.4, -0.2) is 41.9 Å². The van der Waals surface area contributed by atoms with Gasteiger partial charge < -0.3 is 25.0 Å². The number of pyridine rings is 1. The molecule has 0 amide bonds. The summed E-state index contributed by atoms with van der Waals surface area (Å²) in [6.07, 6.45) is 5.42. The van der Waals surface area contributed by atoms with Crippen molar-refractivity contribution in [2.75, 3.05) is 25.1 Å². The molecular weight excluding hydrogens is 405 g/mol. The number of aromatic carboxylic acids is 1. The van der Waals surface area contributed by atoms with Gasteiger partial charge >= 0.3 is 5.97 Å². The van der Waals surface area contributed by atoms with E-state index in [0.29, 0.717) is 16.7 Å². The van der Waals surface area contributed by atoms with E-state index in [1.54, 1.807) is 13.2 Å². The molecule has 1 saturated heterocycles. The van der Waals surface area contributed by atoms with Gasteiger partial charge in [0.15, 0.2) is 5.75 Å².